The number of hydrogen-bond acceptors (Lipinski definition) is 9. The van der Waals surface area contributed by atoms with E-state index in [9.17, 15) is 4.79 Å². The average Bonchev–Trinajstić information content (AvgIpc) is 3.70. The van der Waals surface area contributed by atoms with Gasteiger partial charge in [-0.2, -0.15) is 0 Å². The number of aromatic nitrogens is 5. The Kier molecular flexibility index (Phi) is 7.63. The van der Waals surface area contributed by atoms with Gasteiger partial charge in [-0.05, 0) is 72.5 Å². The molecule has 2 aliphatic rings. The Bertz CT molecular complexity index is 1650. The number of fused-ring (bicyclic) bond motifs is 1. The highest BCUT2D eigenvalue weighted by atomic mass is 32.1. The third kappa shape index (κ3) is 5.77. The molecular formula is C32H33N7O2S. The SMILES string of the molecule is O=C(On1nnc2ccccc21)c1ccc(-c2nnc(-c3ccc(N4CCN(CC5CCCCC5)CC4)cc3)s2)cc1. The Hall–Kier alpha value is -4.15. The van der Waals surface area contributed by atoms with Gasteiger partial charge in [-0.3, -0.25) is 4.90 Å². The van der Waals surface area contributed by atoms with Crippen LogP contribution in [0.2, 0.25) is 0 Å². The Morgan fingerprint density at radius 3 is 2.17 bits per heavy atom. The smallest absolute Gasteiger partial charge is 0.365 e. The fourth-order valence-electron chi connectivity index (χ4n) is 5.99. The molecule has 2 fully saturated rings. The van der Waals surface area contributed by atoms with Crippen LogP contribution in [0.1, 0.15) is 42.5 Å². The molecular weight excluding hydrogens is 546 g/mol. The van der Waals surface area contributed by atoms with Gasteiger partial charge >= 0.3 is 5.97 Å². The summed E-state index contributed by atoms with van der Waals surface area (Å²) >= 11 is 1.54. The molecule has 1 saturated carbocycles. The molecule has 0 bridgehead atoms. The predicted octanol–water partition coefficient (Wildman–Crippen LogP) is 5.59. The van der Waals surface area contributed by atoms with Crippen LogP contribution in [0.3, 0.4) is 0 Å². The van der Waals surface area contributed by atoms with Crippen LogP contribution in [0, 0.1) is 5.92 Å². The van der Waals surface area contributed by atoms with Gasteiger partial charge in [-0.15, -0.1) is 15.3 Å². The van der Waals surface area contributed by atoms with Crippen molar-refractivity contribution >= 4 is 34.0 Å². The summed E-state index contributed by atoms with van der Waals surface area (Å²) in [5.74, 6) is 0.392. The summed E-state index contributed by atoms with van der Waals surface area (Å²) in [5.41, 5.74) is 4.91. The molecule has 1 aliphatic carbocycles. The van der Waals surface area contributed by atoms with E-state index in [0.29, 0.717) is 16.6 Å². The molecule has 2 aromatic heterocycles. The Morgan fingerprint density at radius 2 is 1.45 bits per heavy atom. The minimum Gasteiger partial charge on any atom is -0.369 e. The molecule has 3 aromatic carbocycles. The Labute approximate surface area is 248 Å². The summed E-state index contributed by atoms with van der Waals surface area (Å²) in [5, 5.41) is 18.5. The van der Waals surface area contributed by atoms with E-state index >= 15 is 0 Å². The molecule has 42 heavy (non-hydrogen) atoms. The molecule has 214 valence electrons. The first-order valence-corrected chi connectivity index (χ1v) is 15.6. The van der Waals surface area contributed by atoms with Crippen LogP contribution in [-0.4, -0.2) is 68.9 Å². The number of hydrogen-bond donors (Lipinski definition) is 0. The van der Waals surface area contributed by atoms with Crippen molar-refractivity contribution in [3.63, 3.8) is 0 Å². The summed E-state index contributed by atoms with van der Waals surface area (Å²) < 4.78 is 0. The van der Waals surface area contributed by atoms with Crippen LogP contribution in [0.4, 0.5) is 5.69 Å². The van der Waals surface area contributed by atoms with Gasteiger partial charge in [0.25, 0.3) is 0 Å². The van der Waals surface area contributed by atoms with Gasteiger partial charge in [0.1, 0.15) is 21.0 Å². The second kappa shape index (κ2) is 12.0. The van der Waals surface area contributed by atoms with E-state index in [2.05, 4.69) is 54.6 Å². The van der Waals surface area contributed by atoms with Crippen LogP contribution < -0.4 is 9.74 Å². The van der Waals surface area contributed by atoms with Crippen LogP contribution in [0.25, 0.3) is 32.2 Å². The van der Waals surface area contributed by atoms with Gasteiger partial charge in [0, 0.05) is 49.5 Å². The largest absolute Gasteiger partial charge is 0.369 e. The van der Waals surface area contributed by atoms with Crippen LogP contribution in [0.5, 0.6) is 0 Å². The zero-order valence-electron chi connectivity index (χ0n) is 23.4. The van der Waals surface area contributed by atoms with E-state index in [1.807, 2.05) is 30.3 Å². The molecule has 7 rings (SSSR count). The van der Waals surface area contributed by atoms with Crippen LogP contribution >= 0.6 is 11.3 Å². The topological polar surface area (TPSA) is 89.3 Å². The number of para-hydroxylation sites is 1. The van der Waals surface area contributed by atoms with Crippen molar-refractivity contribution in [2.24, 2.45) is 5.92 Å². The van der Waals surface area contributed by atoms with Crippen molar-refractivity contribution in [3.8, 4) is 21.1 Å². The minimum atomic E-state index is -0.513. The lowest BCUT2D eigenvalue weighted by Gasteiger charge is -2.38. The number of benzene rings is 3. The van der Waals surface area contributed by atoms with Crippen LogP contribution in [0.15, 0.2) is 72.8 Å². The normalized spacial score (nSPS) is 16.6. The maximum atomic E-state index is 12.7. The lowest BCUT2D eigenvalue weighted by Crippen LogP contribution is -2.48. The highest BCUT2D eigenvalue weighted by Crippen LogP contribution is 2.32. The maximum absolute atomic E-state index is 12.7. The average molecular weight is 580 g/mol. The van der Waals surface area contributed by atoms with E-state index in [-0.39, 0.29) is 0 Å². The second-order valence-electron chi connectivity index (χ2n) is 11.2. The molecule has 5 aromatic rings. The van der Waals surface area contributed by atoms with E-state index in [1.165, 1.54) is 55.7 Å². The second-order valence-corrected chi connectivity index (χ2v) is 12.1. The third-order valence-electron chi connectivity index (χ3n) is 8.38. The molecule has 0 unspecified atom stereocenters. The number of carbonyl (C=O) groups is 1. The fourth-order valence-corrected chi connectivity index (χ4v) is 6.84. The van der Waals surface area contributed by atoms with Crippen molar-refractivity contribution in [1.82, 2.24) is 30.3 Å². The van der Waals surface area contributed by atoms with Crippen molar-refractivity contribution in [2.75, 3.05) is 37.6 Å². The Balaban J connectivity index is 0.955. The molecule has 9 nitrogen and oxygen atoms in total. The quantitative estimate of drug-likeness (QED) is 0.231. The zero-order valence-corrected chi connectivity index (χ0v) is 24.2. The lowest BCUT2D eigenvalue weighted by atomic mass is 9.89. The van der Waals surface area contributed by atoms with E-state index < -0.39 is 5.97 Å². The van der Waals surface area contributed by atoms with Crippen molar-refractivity contribution in [3.05, 3.63) is 78.4 Å². The first kappa shape index (κ1) is 26.7. The predicted molar refractivity (Wildman–Crippen MR) is 164 cm³/mol. The molecule has 1 aliphatic heterocycles. The fraction of sp³-hybridized carbons (Fsp3) is 0.344. The van der Waals surface area contributed by atoms with Gasteiger partial charge in [-0.25, -0.2) is 4.79 Å². The van der Waals surface area contributed by atoms with Crippen molar-refractivity contribution in [2.45, 2.75) is 32.1 Å². The molecule has 0 atom stereocenters. The number of piperazine rings is 1. The highest BCUT2D eigenvalue weighted by molar-refractivity contribution is 7.17. The molecule has 0 spiro atoms. The lowest BCUT2D eigenvalue weighted by molar-refractivity contribution is 0.0409. The van der Waals surface area contributed by atoms with Gasteiger partial charge in [0.2, 0.25) is 0 Å². The summed E-state index contributed by atoms with van der Waals surface area (Å²) in [6, 6.07) is 23.2. The number of anilines is 1. The van der Waals surface area contributed by atoms with Crippen molar-refractivity contribution in [1.29, 1.82) is 0 Å². The maximum Gasteiger partial charge on any atom is 0.365 e. The number of rotatable bonds is 7. The molecule has 10 heteroatoms. The Morgan fingerprint density at radius 1 is 0.786 bits per heavy atom. The minimum absolute atomic E-state index is 0.411. The first-order valence-electron chi connectivity index (χ1n) is 14.7. The van der Waals surface area contributed by atoms with Gasteiger partial charge in [0.05, 0.1) is 5.56 Å². The van der Waals surface area contributed by atoms with E-state index in [1.54, 1.807) is 18.2 Å². The van der Waals surface area contributed by atoms with Gasteiger partial charge in [-0.1, -0.05) is 59.7 Å². The number of nitrogens with zero attached hydrogens (tertiary/aromatic N) is 7. The highest BCUT2D eigenvalue weighted by Gasteiger charge is 2.22. The summed E-state index contributed by atoms with van der Waals surface area (Å²) in [6.45, 7) is 5.72. The summed E-state index contributed by atoms with van der Waals surface area (Å²) in [4.78, 5) is 24.4. The standard InChI is InChI=1S/C32H33N7O2S/c40-32(41-39-29-9-5-4-8-28(29)33-36-39)26-12-10-24(11-13-26)30-34-35-31(42-30)25-14-16-27(17-15-25)38-20-18-37(19-21-38)22-23-6-2-1-3-7-23/h4-5,8-17,23H,1-3,6-7,18-22H2. The molecule has 3 heterocycles. The van der Waals surface area contributed by atoms with E-state index in [0.717, 1.165) is 58.1 Å². The zero-order chi connectivity index (χ0) is 28.3. The number of carbonyl (C=O) groups excluding carboxylic acids is 1. The monoisotopic (exact) mass is 579 g/mol. The molecule has 0 amide bonds. The summed E-state index contributed by atoms with van der Waals surface area (Å²) in [6.07, 6.45) is 7.09. The molecule has 0 N–H and O–H groups in total. The molecule has 1 saturated heterocycles. The first-order chi connectivity index (χ1) is 20.7. The van der Waals surface area contributed by atoms with Gasteiger partial charge in [0.15, 0.2) is 0 Å². The third-order valence-corrected chi connectivity index (χ3v) is 9.40. The van der Waals surface area contributed by atoms with E-state index in [4.69, 9.17) is 4.84 Å². The summed E-state index contributed by atoms with van der Waals surface area (Å²) in [7, 11) is 0. The van der Waals surface area contributed by atoms with Crippen molar-refractivity contribution < 1.29 is 9.63 Å². The van der Waals surface area contributed by atoms with Crippen LogP contribution in [-0.2, 0) is 0 Å². The van der Waals surface area contributed by atoms with Gasteiger partial charge < -0.3 is 9.74 Å². The molecule has 0 radical (unpaired) electrons.